The molecule has 0 unspecified atom stereocenters. The predicted octanol–water partition coefficient (Wildman–Crippen LogP) is 5.75. The van der Waals surface area contributed by atoms with Crippen LogP contribution in [-0.2, 0) is 6.54 Å². The topological polar surface area (TPSA) is 56.6 Å². The molecule has 0 radical (unpaired) electrons. The number of aromatic nitrogens is 2. The van der Waals surface area contributed by atoms with Gasteiger partial charge >= 0.3 is 0 Å². The van der Waals surface area contributed by atoms with Gasteiger partial charge in [0.15, 0.2) is 0 Å². The van der Waals surface area contributed by atoms with Gasteiger partial charge < -0.3 is 14.4 Å². The van der Waals surface area contributed by atoms with Crippen molar-refractivity contribution in [1.82, 2.24) is 14.5 Å². The Labute approximate surface area is 198 Å². The molecule has 0 aliphatic carbocycles. The lowest BCUT2D eigenvalue weighted by Crippen LogP contribution is -2.32. The van der Waals surface area contributed by atoms with Gasteiger partial charge in [-0.1, -0.05) is 30.7 Å². The molecule has 1 amide bonds. The van der Waals surface area contributed by atoms with Crippen LogP contribution < -0.4 is 9.47 Å². The monoisotopic (exact) mass is 463 g/mol. The van der Waals surface area contributed by atoms with E-state index in [4.69, 9.17) is 26.1 Å². The van der Waals surface area contributed by atoms with Crippen molar-refractivity contribution >= 4 is 28.5 Å². The van der Waals surface area contributed by atoms with Crippen LogP contribution in [0.5, 0.6) is 11.5 Å². The summed E-state index contributed by atoms with van der Waals surface area (Å²) in [7, 11) is 3.18. The maximum absolute atomic E-state index is 13.5. The number of amides is 1. The summed E-state index contributed by atoms with van der Waals surface area (Å²) in [4.78, 5) is 20.2. The second-order valence-electron chi connectivity index (χ2n) is 7.62. The molecule has 7 heteroatoms. The van der Waals surface area contributed by atoms with E-state index in [1.165, 1.54) is 7.11 Å². The Morgan fingerprint density at radius 2 is 1.79 bits per heavy atom. The van der Waals surface area contributed by atoms with Crippen molar-refractivity contribution in [3.8, 4) is 17.2 Å². The summed E-state index contributed by atoms with van der Waals surface area (Å²) in [6.07, 6.45) is 0.810. The van der Waals surface area contributed by atoms with E-state index in [2.05, 4.69) is 4.57 Å². The zero-order valence-corrected chi connectivity index (χ0v) is 19.7. The molecular weight excluding hydrogens is 438 g/mol. The number of hydrogen-bond donors (Lipinski definition) is 0. The number of para-hydroxylation sites is 2. The molecule has 1 aromatic heterocycles. The highest BCUT2D eigenvalue weighted by Crippen LogP contribution is 2.27. The molecule has 6 nitrogen and oxygen atoms in total. The summed E-state index contributed by atoms with van der Waals surface area (Å²) in [5.41, 5.74) is 3.27. The normalized spacial score (nSPS) is 10.9. The summed E-state index contributed by atoms with van der Waals surface area (Å²) in [6.45, 7) is 2.97. The fourth-order valence-electron chi connectivity index (χ4n) is 3.91. The number of carbonyl (C=O) groups is 1. The number of imidazole rings is 1. The van der Waals surface area contributed by atoms with Crippen molar-refractivity contribution < 1.29 is 14.3 Å². The van der Waals surface area contributed by atoms with E-state index in [9.17, 15) is 4.79 Å². The van der Waals surface area contributed by atoms with Gasteiger partial charge in [0.25, 0.3) is 5.91 Å². The van der Waals surface area contributed by atoms with Crippen LogP contribution in [0.25, 0.3) is 16.7 Å². The number of rotatable bonds is 8. The lowest BCUT2D eigenvalue weighted by atomic mass is 10.1. The van der Waals surface area contributed by atoms with Crippen molar-refractivity contribution in [2.24, 2.45) is 0 Å². The highest BCUT2D eigenvalue weighted by molar-refractivity contribution is 6.30. The van der Waals surface area contributed by atoms with Crippen molar-refractivity contribution in [2.45, 2.75) is 19.9 Å². The fourth-order valence-corrected chi connectivity index (χ4v) is 4.07. The number of nitrogens with zero attached hydrogens (tertiary/aromatic N) is 3. The van der Waals surface area contributed by atoms with Crippen LogP contribution in [0.1, 0.15) is 29.5 Å². The Kier molecular flexibility index (Phi) is 6.84. The first kappa shape index (κ1) is 22.7. The molecule has 0 fully saturated rings. The lowest BCUT2D eigenvalue weighted by molar-refractivity contribution is 0.0735. The first-order chi connectivity index (χ1) is 16.0. The van der Waals surface area contributed by atoms with Crippen LogP contribution >= 0.6 is 11.6 Å². The van der Waals surface area contributed by atoms with Gasteiger partial charge in [-0.25, -0.2) is 4.98 Å². The second kappa shape index (κ2) is 9.96. The SMILES string of the molecule is CCCN(Cc1nc2ccccc2n1-c1ccc(OC)cc1)C(=O)c1ccc(Cl)cc1OC. The number of methoxy groups -OCH3 is 2. The minimum Gasteiger partial charge on any atom is -0.497 e. The van der Waals surface area contributed by atoms with E-state index >= 15 is 0 Å². The maximum atomic E-state index is 13.5. The highest BCUT2D eigenvalue weighted by Gasteiger charge is 2.23. The zero-order chi connectivity index (χ0) is 23.4. The van der Waals surface area contributed by atoms with Gasteiger partial charge in [-0.3, -0.25) is 9.36 Å². The third-order valence-corrected chi connectivity index (χ3v) is 5.70. The van der Waals surface area contributed by atoms with E-state index < -0.39 is 0 Å². The van der Waals surface area contributed by atoms with E-state index in [0.717, 1.165) is 34.7 Å². The molecule has 0 N–H and O–H groups in total. The number of carbonyl (C=O) groups excluding carboxylic acids is 1. The minimum atomic E-state index is -0.126. The third kappa shape index (κ3) is 4.66. The maximum Gasteiger partial charge on any atom is 0.258 e. The number of hydrogen-bond acceptors (Lipinski definition) is 4. The average molecular weight is 464 g/mol. The predicted molar refractivity (Wildman–Crippen MR) is 131 cm³/mol. The van der Waals surface area contributed by atoms with Gasteiger partial charge in [0.05, 0.1) is 37.4 Å². The average Bonchev–Trinajstić information content (AvgIpc) is 3.21. The first-order valence-corrected chi connectivity index (χ1v) is 11.2. The van der Waals surface area contributed by atoms with Gasteiger partial charge in [-0.15, -0.1) is 0 Å². The van der Waals surface area contributed by atoms with Crippen molar-refractivity contribution in [3.63, 3.8) is 0 Å². The summed E-state index contributed by atoms with van der Waals surface area (Å²) in [5.74, 6) is 1.88. The molecule has 4 aromatic rings. The Hall–Kier alpha value is -3.51. The van der Waals surface area contributed by atoms with E-state index in [-0.39, 0.29) is 5.91 Å². The molecule has 1 heterocycles. The number of fused-ring (bicyclic) bond motifs is 1. The quantitative estimate of drug-likeness (QED) is 0.334. The Morgan fingerprint density at radius 1 is 1.03 bits per heavy atom. The summed E-state index contributed by atoms with van der Waals surface area (Å²) >= 11 is 6.10. The van der Waals surface area contributed by atoms with Gasteiger partial charge in [-0.2, -0.15) is 0 Å². The molecular formula is C26H26ClN3O3. The van der Waals surface area contributed by atoms with Crippen LogP contribution in [0.3, 0.4) is 0 Å². The largest absolute Gasteiger partial charge is 0.497 e. The third-order valence-electron chi connectivity index (χ3n) is 5.47. The van der Waals surface area contributed by atoms with Crippen LogP contribution in [0, 0.1) is 0 Å². The highest BCUT2D eigenvalue weighted by atomic mass is 35.5. The van der Waals surface area contributed by atoms with Gasteiger partial charge in [0.1, 0.15) is 17.3 Å². The van der Waals surface area contributed by atoms with Crippen molar-refractivity contribution in [2.75, 3.05) is 20.8 Å². The van der Waals surface area contributed by atoms with Gasteiger partial charge in [0.2, 0.25) is 0 Å². The van der Waals surface area contributed by atoms with E-state index in [1.54, 1.807) is 30.2 Å². The number of halogens is 1. The van der Waals surface area contributed by atoms with Crippen molar-refractivity contribution in [3.05, 3.63) is 83.1 Å². The summed E-state index contributed by atoms with van der Waals surface area (Å²) in [5, 5.41) is 0.520. The van der Waals surface area contributed by atoms with Crippen LogP contribution in [-0.4, -0.2) is 41.1 Å². The number of ether oxygens (including phenoxy) is 2. The molecule has 0 saturated carbocycles. The Bertz CT molecular complexity index is 1270. The molecule has 4 rings (SSSR count). The molecule has 33 heavy (non-hydrogen) atoms. The van der Waals surface area contributed by atoms with Crippen LogP contribution in [0.4, 0.5) is 0 Å². The van der Waals surface area contributed by atoms with Crippen LogP contribution in [0.2, 0.25) is 5.02 Å². The first-order valence-electron chi connectivity index (χ1n) is 10.8. The lowest BCUT2D eigenvalue weighted by Gasteiger charge is -2.23. The summed E-state index contributed by atoms with van der Waals surface area (Å²) in [6, 6.07) is 20.8. The molecule has 0 aliphatic heterocycles. The summed E-state index contributed by atoms with van der Waals surface area (Å²) < 4.78 is 12.8. The van der Waals surface area contributed by atoms with E-state index in [0.29, 0.717) is 29.4 Å². The van der Waals surface area contributed by atoms with Crippen molar-refractivity contribution in [1.29, 1.82) is 0 Å². The fraction of sp³-hybridized carbons (Fsp3) is 0.231. The molecule has 0 bridgehead atoms. The Balaban J connectivity index is 1.76. The smallest absolute Gasteiger partial charge is 0.258 e. The Morgan fingerprint density at radius 3 is 2.48 bits per heavy atom. The molecule has 3 aromatic carbocycles. The van der Waals surface area contributed by atoms with Gasteiger partial charge in [0, 0.05) is 17.3 Å². The minimum absolute atomic E-state index is 0.126. The van der Waals surface area contributed by atoms with E-state index in [1.807, 2.05) is 55.5 Å². The standard InChI is InChI=1S/C26H26ClN3O3/c1-4-15-29(26(31)21-14-9-18(27)16-24(21)33-3)17-25-28-22-7-5-6-8-23(22)30(25)19-10-12-20(32-2)13-11-19/h5-14,16H,4,15,17H2,1-3H3. The molecule has 170 valence electrons. The van der Waals surface area contributed by atoms with Crippen LogP contribution in [0.15, 0.2) is 66.7 Å². The molecule has 0 atom stereocenters. The van der Waals surface area contributed by atoms with Gasteiger partial charge in [-0.05, 0) is 61.0 Å². The molecule has 0 aliphatic rings. The molecule has 0 spiro atoms. The zero-order valence-electron chi connectivity index (χ0n) is 18.9. The second-order valence-corrected chi connectivity index (χ2v) is 8.06. The molecule has 0 saturated heterocycles. The number of benzene rings is 3.